The van der Waals surface area contributed by atoms with Crippen molar-refractivity contribution >= 4 is 27.3 Å². The zero-order valence-electron chi connectivity index (χ0n) is 14.3. The number of hydrogen-bond donors (Lipinski definition) is 1. The van der Waals surface area contributed by atoms with Crippen LogP contribution in [0.2, 0.25) is 0 Å². The van der Waals surface area contributed by atoms with E-state index >= 15 is 0 Å². The molecule has 0 saturated heterocycles. The largest absolute Gasteiger partial charge is 0.416 e. The fourth-order valence-corrected chi connectivity index (χ4v) is 3.56. The van der Waals surface area contributed by atoms with Crippen molar-refractivity contribution in [2.45, 2.75) is 19.1 Å². The number of hydrogen-bond acceptors (Lipinski definition) is 3. The highest BCUT2D eigenvalue weighted by atomic mass is 32.2. The van der Waals surface area contributed by atoms with Crippen LogP contribution in [0.4, 0.5) is 28.9 Å². The van der Waals surface area contributed by atoms with Crippen molar-refractivity contribution in [2.75, 3.05) is 15.9 Å². The highest BCUT2D eigenvalue weighted by Gasteiger charge is 2.31. The van der Waals surface area contributed by atoms with Gasteiger partial charge in [0.05, 0.1) is 17.5 Å². The van der Waals surface area contributed by atoms with Crippen LogP contribution in [0.1, 0.15) is 12.5 Å². The summed E-state index contributed by atoms with van der Waals surface area (Å²) < 4.78 is 75.8. The number of carbonyl (C=O) groups is 1. The maximum atomic E-state index is 13.1. The van der Waals surface area contributed by atoms with E-state index in [-0.39, 0.29) is 11.4 Å². The standard InChI is InChI=1S/C17H16F4N2O3S/c1-11(23(27(2,25)26)15-9-5-13(18)6-10-15)16(24)22-14-7-3-12(4-8-14)17(19,20)21/h3-11H,1-2H3,(H,22,24)/t11-/m0/s1. The molecular formula is C17H16F4N2O3S. The Hall–Kier alpha value is -2.62. The van der Waals surface area contributed by atoms with Gasteiger partial charge in [-0.25, -0.2) is 12.8 Å². The van der Waals surface area contributed by atoms with Gasteiger partial charge in [-0.2, -0.15) is 13.2 Å². The second kappa shape index (κ2) is 7.55. The van der Waals surface area contributed by atoms with Crippen LogP contribution in [0.15, 0.2) is 48.5 Å². The first-order chi connectivity index (χ1) is 12.4. The van der Waals surface area contributed by atoms with Crippen molar-refractivity contribution in [1.82, 2.24) is 0 Å². The van der Waals surface area contributed by atoms with Gasteiger partial charge in [0, 0.05) is 5.69 Å². The summed E-state index contributed by atoms with van der Waals surface area (Å²) in [5.74, 6) is -1.33. The normalized spacial score (nSPS) is 13.1. The van der Waals surface area contributed by atoms with Crippen LogP contribution in [0.5, 0.6) is 0 Å². The number of halogens is 4. The van der Waals surface area contributed by atoms with Gasteiger partial charge in [-0.3, -0.25) is 9.10 Å². The highest BCUT2D eigenvalue weighted by molar-refractivity contribution is 7.92. The number of alkyl halides is 3. The lowest BCUT2D eigenvalue weighted by Gasteiger charge is -2.28. The van der Waals surface area contributed by atoms with Crippen molar-refractivity contribution in [2.24, 2.45) is 0 Å². The van der Waals surface area contributed by atoms with Crippen LogP contribution in [0.3, 0.4) is 0 Å². The molecule has 2 aromatic rings. The third-order valence-electron chi connectivity index (χ3n) is 3.65. The molecule has 0 unspecified atom stereocenters. The van der Waals surface area contributed by atoms with E-state index in [0.717, 1.165) is 47.0 Å². The average molecular weight is 404 g/mol. The third-order valence-corrected chi connectivity index (χ3v) is 4.89. The Bertz CT molecular complexity index is 911. The molecule has 0 bridgehead atoms. The van der Waals surface area contributed by atoms with Gasteiger partial charge in [-0.1, -0.05) is 0 Å². The molecule has 1 N–H and O–H groups in total. The quantitative estimate of drug-likeness (QED) is 0.774. The fourth-order valence-electron chi connectivity index (χ4n) is 2.39. The number of rotatable bonds is 5. The van der Waals surface area contributed by atoms with Crippen LogP contribution < -0.4 is 9.62 Å². The number of amides is 1. The second-order valence-corrected chi connectivity index (χ2v) is 7.63. The average Bonchev–Trinajstić information content (AvgIpc) is 2.55. The molecule has 0 radical (unpaired) electrons. The van der Waals surface area contributed by atoms with E-state index in [1.54, 1.807) is 0 Å². The number of nitrogens with zero attached hydrogens (tertiary/aromatic N) is 1. The predicted molar refractivity (Wildman–Crippen MR) is 93.3 cm³/mol. The molecular weight excluding hydrogens is 388 g/mol. The topological polar surface area (TPSA) is 66.5 Å². The van der Waals surface area contributed by atoms with E-state index in [9.17, 15) is 30.8 Å². The van der Waals surface area contributed by atoms with E-state index in [1.165, 1.54) is 19.1 Å². The van der Waals surface area contributed by atoms with E-state index in [0.29, 0.717) is 0 Å². The predicted octanol–water partition coefficient (Wildman–Crippen LogP) is 3.64. The molecule has 0 aliphatic carbocycles. The highest BCUT2D eigenvalue weighted by Crippen LogP contribution is 2.30. The molecule has 0 fully saturated rings. The summed E-state index contributed by atoms with van der Waals surface area (Å²) in [4.78, 5) is 12.4. The van der Waals surface area contributed by atoms with Gasteiger partial charge < -0.3 is 5.32 Å². The molecule has 0 spiro atoms. The molecule has 0 heterocycles. The Morgan fingerprint density at radius 2 is 1.56 bits per heavy atom. The van der Waals surface area contributed by atoms with Crippen molar-refractivity contribution in [1.29, 1.82) is 0 Å². The molecule has 0 aliphatic heterocycles. The Labute approximate surface area is 153 Å². The van der Waals surface area contributed by atoms with Crippen LogP contribution in [0, 0.1) is 5.82 Å². The summed E-state index contributed by atoms with van der Waals surface area (Å²) in [6.07, 6.45) is -3.62. The molecule has 5 nitrogen and oxygen atoms in total. The molecule has 0 aromatic heterocycles. The van der Waals surface area contributed by atoms with Gasteiger partial charge in [-0.15, -0.1) is 0 Å². The van der Waals surface area contributed by atoms with Crippen molar-refractivity contribution in [3.8, 4) is 0 Å². The lowest BCUT2D eigenvalue weighted by atomic mass is 10.2. The number of sulfonamides is 1. The van der Waals surface area contributed by atoms with Gasteiger partial charge in [-0.05, 0) is 55.5 Å². The molecule has 0 saturated carbocycles. The monoisotopic (exact) mass is 404 g/mol. The van der Waals surface area contributed by atoms with E-state index in [1.807, 2.05) is 0 Å². The number of benzene rings is 2. The minimum atomic E-state index is -4.51. The molecule has 27 heavy (non-hydrogen) atoms. The molecule has 10 heteroatoms. The number of nitrogens with one attached hydrogen (secondary N) is 1. The van der Waals surface area contributed by atoms with Crippen molar-refractivity contribution in [3.63, 3.8) is 0 Å². The first-order valence-electron chi connectivity index (χ1n) is 7.62. The van der Waals surface area contributed by atoms with Gasteiger partial charge in [0.1, 0.15) is 11.9 Å². The maximum absolute atomic E-state index is 13.1. The van der Waals surface area contributed by atoms with Crippen LogP contribution >= 0.6 is 0 Å². The molecule has 2 rings (SSSR count). The van der Waals surface area contributed by atoms with E-state index < -0.39 is 39.5 Å². The van der Waals surface area contributed by atoms with Gasteiger partial charge in [0.25, 0.3) is 0 Å². The Balaban J connectivity index is 2.23. The third kappa shape index (κ3) is 5.19. The van der Waals surface area contributed by atoms with Gasteiger partial charge in [0.15, 0.2) is 0 Å². The summed E-state index contributed by atoms with van der Waals surface area (Å²) in [5.41, 5.74) is -0.723. The summed E-state index contributed by atoms with van der Waals surface area (Å²) >= 11 is 0. The summed E-state index contributed by atoms with van der Waals surface area (Å²) in [5, 5.41) is 2.37. The fraction of sp³-hybridized carbons (Fsp3) is 0.235. The van der Waals surface area contributed by atoms with Crippen LogP contribution in [-0.2, 0) is 21.0 Å². The maximum Gasteiger partial charge on any atom is 0.416 e. The summed E-state index contributed by atoms with van der Waals surface area (Å²) in [6.45, 7) is 1.31. The number of carbonyl (C=O) groups excluding carboxylic acids is 1. The Morgan fingerprint density at radius 1 is 1.04 bits per heavy atom. The zero-order chi connectivity index (χ0) is 20.4. The molecule has 0 aliphatic rings. The van der Waals surface area contributed by atoms with E-state index in [2.05, 4.69) is 5.32 Å². The van der Waals surface area contributed by atoms with Crippen molar-refractivity contribution < 1.29 is 30.8 Å². The van der Waals surface area contributed by atoms with E-state index in [4.69, 9.17) is 0 Å². The molecule has 1 amide bonds. The minimum Gasteiger partial charge on any atom is -0.324 e. The molecule has 2 aromatic carbocycles. The van der Waals surface area contributed by atoms with Crippen LogP contribution in [-0.4, -0.2) is 26.6 Å². The molecule has 1 atom stereocenters. The Morgan fingerprint density at radius 3 is 2.00 bits per heavy atom. The second-order valence-electron chi connectivity index (χ2n) is 5.78. The van der Waals surface area contributed by atoms with Crippen molar-refractivity contribution in [3.05, 3.63) is 59.9 Å². The van der Waals surface area contributed by atoms with Gasteiger partial charge >= 0.3 is 6.18 Å². The SMILES string of the molecule is C[C@@H](C(=O)Nc1ccc(C(F)(F)F)cc1)N(c1ccc(F)cc1)S(C)(=O)=O. The molecule has 146 valence electrons. The minimum absolute atomic E-state index is 0.0763. The lowest BCUT2D eigenvalue weighted by Crippen LogP contribution is -2.45. The summed E-state index contributed by atoms with van der Waals surface area (Å²) in [6, 6.07) is 7.02. The van der Waals surface area contributed by atoms with Gasteiger partial charge in [0.2, 0.25) is 15.9 Å². The first-order valence-corrected chi connectivity index (χ1v) is 9.47. The van der Waals surface area contributed by atoms with Crippen LogP contribution in [0.25, 0.3) is 0 Å². The lowest BCUT2D eigenvalue weighted by molar-refractivity contribution is -0.137. The Kier molecular flexibility index (Phi) is 5.79. The summed E-state index contributed by atoms with van der Waals surface area (Å²) in [7, 11) is -3.89. The first kappa shape index (κ1) is 20.7. The number of anilines is 2. The smallest absolute Gasteiger partial charge is 0.324 e. The zero-order valence-corrected chi connectivity index (χ0v) is 15.1.